The van der Waals surface area contributed by atoms with Gasteiger partial charge in [-0.25, -0.2) is 23.4 Å². The van der Waals surface area contributed by atoms with E-state index in [0.29, 0.717) is 17.1 Å². The molecule has 0 amide bonds. The van der Waals surface area contributed by atoms with Crippen LogP contribution in [0.1, 0.15) is 5.56 Å². The van der Waals surface area contributed by atoms with Gasteiger partial charge in [0.1, 0.15) is 24.3 Å². The van der Waals surface area contributed by atoms with E-state index in [2.05, 4.69) is 20.4 Å². The van der Waals surface area contributed by atoms with Gasteiger partial charge in [0, 0.05) is 24.4 Å². The van der Waals surface area contributed by atoms with Crippen LogP contribution in [0.15, 0.2) is 49.2 Å². The molecule has 1 aromatic carbocycles. The van der Waals surface area contributed by atoms with Gasteiger partial charge in [0.15, 0.2) is 5.82 Å². The van der Waals surface area contributed by atoms with Gasteiger partial charge < -0.3 is 5.32 Å². The minimum absolute atomic E-state index is 0.208. The highest BCUT2D eigenvalue weighted by atomic mass is 19.1. The summed E-state index contributed by atoms with van der Waals surface area (Å²) in [7, 11) is 0. The van der Waals surface area contributed by atoms with Crippen molar-refractivity contribution < 1.29 is 8.78 Å². The molecule has 1 N–H and O–H groups in total. The third kappa shape index (κ3) is 2.86. The van der Waals surface area contributed by atoms with Crippen molar-refractivity contribution in [3.8, 4) is 5.82 Å². The molecule has 2 heterocycles. The summed E-state index contributed by atoms with van der Waals surface area (Å²) in [6.07, 6.45) is 4.55. The van der Waals surface area contributed by atoms with E-state index < -0.39 is 11.6 Å². The van der Waals surface area contributed by atoms with Crippen LogP contribution in [0.25, 0.3) is 5.82 Å². The first-order chi connectivity index (χ1) is 10.2. The van der Waals surface area contributed by atoms with Crippen LogP contribution in [0.3, 0.4) is 0 Å². The molecule has 0 aliphatic heterocycles. The van der Waals surface area contributed by atoms with Gasteiger partial charge >= 0.3 is 0 Å². The normalized spacial score (nSPS) is 10.6. The van der Waals surface area contributed by atoms with Crippen LogP contribution >= 0.6 is 0 Å². The van der Waals surface area contributed by atoms with E-state index in [0.717, 1.165) is 6.07 Å². The average molecular weight is 287 g/mol. The molecule has 0 atom stereocenters. The number of pyridine rings is 1. The molecule has 0 fully saturated rings. The second-order valence-corrected chi connectivity index (χ2v) is 4.30. The molecular formula is C14H11F2N5. The molecule has 7 heteroatoms. The van der Waals surface area contributed by atoms with Crippen LogP contribution in [-0.4, -0.2) is 19.7 Å². The molecule has 0 radical (unpaired) electrons. The van der Waals surface area contributed by atoms with Gasteiger partial charge in [-0.15, -0.1) is 0 Å². The first-order valence-corrected chi connectivity index (χ1v) is 6.22. The van der Waals surface area contributed by atoms with E-state index >= 15 is 0 Å². The van der Waals surface area contributed by atoms with Crippen LogP contribution in [0.5, 0.6) is 0 Å². The monoisotopic (exact) mass is 287 g/mol. The van der Waals surface area contributed by atoms with Gasteiger partial charge in [0.05, 0.1) is 5.69 Å². The van der Waals surface area contributed by atoms with Crippen molar-refractivity contribution in [3.05, 3.63) is 66.4 Å². The molecule has 21 heavy (non-hydrogen) atoms. The van der Waals surface area contributed by atoms with Crippen molar-refractivity contribution in [1.82, 2.24) is 19.7 Å². The molecule has 0 aliphatic carbocycles. The van der Waals surface area contributed by atoms with Crippen molar-refractivity contribution in [2.45, 2.75) is 6.54 Å². The van der Waals surface area contributed by atoms with Gasteiger partial charge in [-0.2, -0.15) is 5.10 Å². The Kier molecular flexibility index (Phi) is 3.55. The standard InChI is InChI=1S/C14H11F2N5/c15-11-4-3-10(12(16)6-11)7-19-13-2-1-5-18-14(13)21-9-17-8-20-21/h1-6,8-9,19H,7H2. The summed E-state index contributed by atoms with van der Waals surface area (Å²) in [6, 6.07) is 7.04. The second-order valence-electron chi connectivity index (χ2n) is 4.30. The minimum atomic E-state index is -0.596. The SMILES string of the molecule is Fc1ccc(CNc2cccnc2-n2cncn2)c(F)c1. The number of benzene rings is 1. The van der Waals surface area contributed by atoms with Crippen LogP contribution in [0.4, 0.5) is 14.5 Å². The Bertz CT molecular complexity index is 743. The summed E-state index contributed by atoms with van der Waals surface area (Å²) in [6.45, 7) is 0.208. The Balaban J connectivity index is 1.83. The number of rotatable bonds is 4. The first-order valence-electron chi connectivity index (χ1n) is 6.22. The van der Waals surface area contributed by atoms with Crippen molar-refractivity contribution in [1.29, 1.82) is 0 Å². The van der Waals surface area contributed by atoms with Crippen molar-refractivity contribution >= 4 is 5.69 Å². The van der Waals surface area contributed by atoms with Crippen molar-refractivity contribution in [3.63, 3.8) is 0 Å². The molecule has 0 aliphatic rings. The minimum Gasteiger partial charge on any atom is -0.378 e. The number of aromatic nitrogens is 4. The molecule has 0 bridgehead atoms. The Morgan fingerprint density at radius 3 is 2.86 bits per heavy atom. The third-order valence-corrected chi connectivity index (χ3v) is 2.91. The van der Waals surface area contributed by atoms with Crippen LogP contribution in [0.2, 0.25) is 0 Å². The number of hydrogen-bond acceptors (Lipinski definition) is 4. The molecule has 3 aromatic rings. The quantitative estimate of drug-likeness (QED) is 0.801. The zero-order chi connectivity index (χ0) is 14.7. The van der Waals surface area contributed by atoms with Gasteiger partial charge in [-0.3, -0.25) is 0 Å². The van der Waals surface area contributed by atoms with Crippen LogP contribution in [0, 0.1) is 11.6 Å². The number of nitrogens with one attached hydrogen (secondary N) is 1. The highest BCUT2D eigenvalue weighted by Gasteiger charge is 2.08. The molecule has 0 saturated heterocycles. The van der Waals surface area contributed by atoms with Gasteiger partial charge in [0.25, 0.3) is 0 Å². The number of nitrogens with zero attached hydrogens (tertiary/aromatic N) is 4. The number of anilines is 1. The molecule has 2 aromatic heterocycles. The topological polar surface area (TPSA) is 55.6 Å². The zero-order valence-electron chi connectivity index (χ0n) is 10.9. The maximum Gasteiger partial charge on any atom is 0.178 e. The Hall–Kier alpha value is -2.83. The molecular weight excluding hydrogens is 276 g/mol. The molecule has 0 unspecified atom stereocenters. The summed E-state index contributed by atoms with van der Waals surface area (Å²) in [5.41, 5.74) is 1.04. The van der Waals surface area contributed by atoms with E-state index in [1.54, 1.807) is 18.3 Å². The Morgan fingerprint density at radius 1 is 1.19 bits per heavy atom. The predicted octanol–water partition coefficient (Wildman–Crippen LogP) is 2.55. The Labute approximate surface area is 119 Å². The van der Waals surface area contributed by atoms with E-state index in [4.69, 9.17) is 0 Å². The van der Waals surface area contributed by atoms with Gasteiger partial charge in [0.2, 0.25) is 0 Å². The third-order valence-electron chi connectivity index (χ3n) is 2.91. The maximum atomic E-state index is 13.6. The number of hydrogen-bond donors (Lipinski definition) is 1. The van der Waals surface area contributed by atoms with E-state index in [1.165, 1.54) is 29.5 Å². The highest BCUT2D eigenvalue weighted by molar-refractivity contribution is 5.56. The summed E-state index contributed by atoms with van der Waals surface area (Å²) in [4.78, 5) is 8.08. The van der Waals surface area contributed by atoms with E-state index in [-0.39, 0.29) is 6.54 Å². The van der Waals surface area contributed by atoms with Crippen molar-refractivity contribution in [2.24, 2.45) is 0 Å². The van der Waals surface area contributed by atoms with E-state index in [1.807, 2.05) is 0 Å². The fraction of sp³-hybridized carbons (Fsp3) is 0.0714. The van der Waals surface area contributed by atoms with Gasteiger partial charge in [-0.05, 0) is 18.2 Å². The lowest BCUT2D eigenvalue weighted by molar-refractivity contribution is 0.574. The van der Waals surface area contributed by atoms with E-state index in [9.17, 15) is 8.78 Å². The lowest BCUT2D eigenvalue weighted by Gasteiger charge is -2.11. The van der Waals surface area contributed by atoms with Gasteiger partial charge in [-0.1, -0.05) is 6.07 Å². The molecule has 5 nitrogen and oxygen atoms in total. The Morgan fingerprint density at radius 2 is 2.10 bits per heavy atom. The maximum absolute atomic E-state index is 13.6. The smallest absolute Gasteiger partial charge is 0.178 e. The molecule has 0 saturated carbocycles. The summed E-state index contributed by atoms with van der Waals surface area (Å²) in [5.74, 6) is -0.632. The molecule has 106 valence electrons. The second kappa shape index (κ2) is 5.66. The number of halogens is 2. The highest BCUT2D eigenvalue weighted by Crippen LogP contribution is 2.18. The van der Waals surface area contributed by atoms with Crippen LogP contribution < -0.4 is 5.32 Å². The summed E-state index contributed by atoms with van der Waals surface area (Å²) >= 11 is 0. The average Bonchev–Trinajstić information content (AvgIpc) is 3.01. The fourth-order valence-corrected chi connectivity index (χ4v) is 1.89. The lowest BCUT2D eigenvalue weighted by Crippen LogP contribution is -2.07. The molecule has 0 spiro atoms. The summed E-state index contributed by atoms with van der Waals surface area (Å²) in [5, 5.41) is 7.08. The van der Waals surface area contributed by atoms with Crippen molar-refractivity contribution in [2.75, 3.05) is 5.32 Å². The largest absolute Gasteiger partial charge is 0.378 e. The van der Waals surface area contributed by atoms with Crippen LogP contribution in [-0.2, 0) is 6.54 Å². The lowest BCUT2D eigenvalue weighted by atomic mass is 10.2. The first kappa shape index (κ1) is 13.2. The fourth-order valence-electron chi connectivity index (χ4n) is 1.89. The zero-order valence-corrected chi connectivity index (χ0v) is 10.9. The predicted molar refractivity (Wildman–Crippen MR) is 72.8 cm³/mol. The molecule has 3 rings (SSSR count). The summed E-state index contributed by atoms with van der Waals surface area (Å²) < 4.78 is 28.0.